The molecular formula is C14H26O2. The van der Waals surface area contributed by atoms with Gasteiger partial charge in [0.05, 0.1) is 0 Å². The number of hydrogen-bond donors (Lipinski definition) is 0. The highest BCUT2D eigenvalue weighted by Gasteiger charge is 2.21. The first-order chi connectivity index (χ1) is 7.02. The lowest BCUT2D eigenvalue weighted by Gasteiger charge is -2.18. The van der Waals surface area contributed by atoms with Crippen molar-refractivity contribution in [3.8, 4) is 0 Å². The molecule has 16 heavy (non-hydrogen) atoms. The highest BCUT2D eigenvalue weighted by atomic mass is 16.1. The van der Waals surface area contributed by atoms with Crippen LogP contribution in [-0.2, 0) is 9.59 Å². The molecule has 94 valence electrons. The van der Waals surface area contributed by atoms with Gasteiger partial charge in [0, 0.05) is 24.7 Å². The molecular weight excluding hydrogens is 200 g/mol. The van der Waals surface area contributed by atoms with E-state index in [1.165, 1.54) is 0 Å². The molecule has 0 heterocycles. The van der Waals surface area contributed by atoms with Gasteiger partial charge < -0.3 is 0 Å². The second-order valence-electron chi connectivity index (χ2n) is 6.80. The van der Waals surface area contributed by atoms with E-state index in [-0.39, 0.29) is 22.4 Å². The van der Waals surface area contributed by atoms with E-state index in [1.807, 2.05) is 20.8 Å². The first-order valence-corrected chi connectivity index (χ1v) is 6.07. The Bertz CT molecular complexity index is 251. The molecule has 2 heteroatoms. The SMILES string of the molecule is CC(C)(C)CC(=O)CCCC(=O)C(C)(C)C. The minimum Gasteiger partial charge on any atom is -0.300 e. The summed E-state index contributed by atoms with van der Waals surface area (Å²) in [6.07, 6.45) is 2.38. The van der Waals surface area contributed by atoms with Crippen LogP contribution in [0, 0.1) is 10.8 Å². The van der Waals surface area contributed by atoms with E-state index in [9.17, 15) is 9.59 Å². The number of hydrogen-bond acceptors (Lipinski definition) is 2. The molecule has 0 saturated carbocycles. The van der Waals surface area contributed by atoms with E-state index in [4.69, 9.17) is 0 Å². The molecule has 0 aliphatic heterocycles. The van der Waals surface area contributed by atoms with Crippen molar-refractivity contribution in [3.05, 3.63) is 0 Å². The maximum absolute atomic E-state index is 11.6. The molecule has 0 bridgehead atoms. The van der Waals surface area contributed by atoms with E-state index < -0.39 is 0 Å². The van der Waals surface area contributed by atoms with Gasteiger partial charge in [0.25, 0.3) is 0 Å². The second-order valence-corrected chi connectivity index (χ2v) is 6.80. The Morgan fingerprint density at radius 1 is 0.875 bits per heavy atom. The summed E-state index contributed by atoms with van der Waals surface area (Å²) >= 11 is 0. The Morgan fingerprint density at radius 2 is 1.38 bits per heavy atom. The van der Waals surface area contributed by atoms with Crippen molar-refractivity contribution in [2.45, 2.75) is 67.2 Å². The summed E-state index contributed by atoms with van der Waals surface area (Å²) in [5, 5.41) is 0. The van der Waals surface area contributed by atoms with Gasteiger partial charge in [0.1, 0.15) is 11.6 Å². The van der Waals surface area contributed by atoms with Crippen LogP contribution >= 0.6 is 0 Å². The highest BCUT2D eigenvalue weighted by molar-refractivity contribution is 5.84. The Balaban J connectivity index is 3.84. The predicted octanol–water partition coefficient (Wildman–Crippen LogP) is 3.78. The van der Waals surface area contributed by atoms with E-state index in [0.29, 0.717) is 25.7 Å². The summed E-state index contributed by atoms with van der Waals surface area (Å²) < 4.78 is 0. The third-order valence-electron chi connectivity index (χ3n) is 2.42. The molecule has 0 saturated heterocycles. The van der Waals surface area contributed by atoms with Gasteiger partial charge in [-0.15, -0.1) is 0 Å². The lowest BCUT2D eigenvalue weighted by molar-refractivity contribution is -0.126. The van der Waals surface area contributed by atoms with E-state index >= 15 is 0 Å². The van der Waals surface area contributed by atoms with Crippen LogP contribution in [0.4, 0.5) is 0 Å². The first kappa shape index (κ1) is 15.3. The third kappa shape index (κ3) is 7.61. The number of carbonyl (C=O) groups is 2. The van der Waals surface area contributed by atoms with Crippen LogP contribution in [0.15, 0.2) is 0 Å². The molecule has 0 rings (SSSR count). The zero-order valence-corrected chi connectivity index (χ0v) is 11.6. The highest BCUT2D eigenvalue weighted by Crippen LogP contribution is 2.22. The van der Waals surface area contributed by atoms with Crippen molar-refractivity contribution in [3.63, 3.8) is 0 Å². The van der Waals surface area contributed by atoms with Crippen LogP contribution in [0.5, 0.6) is 0 Å². The van der Waals surface area contributed by atoms with Crippen LogP contribution in [0.2, 0.25) is 0 Å². The number of Topliss-reactive ketones (excluding diaryl/α,β-unsaturated/α-hetero) is 2. The topological polar surface area (TPSA) is 34.1 Å². The molecule has 0 spiro atoms. The maximum atomic E-state index is 11.6. The Morgan fingerprint density at radius 3 is 1.75 bits per heavy atom. The van der Waals surface area contributed by atoms with Crippen molar-refractivity contribution in [2.24, 2.45) is 10.8 Å². The standard InChI is InChI=1S/C14H26O2/c1-13(2,3)10-11(15)8-7-9-12(16)14(4,5)6/h7-10H2,1-6H3. The van der Waals surface area contributed by atoms with Crippen LogP contribution in [0.1, 0.15) is 67.2 Å². The fourth-order valence-electron chi connectivity index (χ4n) is 1.50. The fourth-order valence-corrected chi connectivity index (χ4v) is 1.50. The molecule has 0 aliphatic rings. The van der Waals surface area contributed by atoms with Gasteiger partial charge in [-0.1, -0.05) is 41.5 Å². The molecule has 0 aromatic carbocycles. The normalized spacial score (nSPS) is 12.6. The zero-order chi connectivity index (χ0) is 13.0. The van der Waals surface area contributed by atoms with Gasteiger partial charge in [0.2, 0.25) is 0 Å². The summed E-state index contributed by atoms with van der Waals surface area (Å²) in [6, 6.07) is 0. The van der Waals surface area contributed by atoms with E-state index in [2.05, 4.69) is 20.8 Å². The quantitative estimate of drug-likeness (QED) is 0.715. The van der Waals surface area contributed by atoms with Crippen LogP contribution in [0.3, 0.4) is 0 Å². The second kappa shape index (κ2) is 5.60. The minimum absolute atomic E-state index is 0.0606. The summed E-state index contributed by atoms with van der Waals surface area (Å²) in [5.74, 6) is 0.519. The van der Waals surface area contributed by atoms with Crippen molar-refractivity contribution >= 4 is 11.6 Å². The summed E-state index contributed by atoms with van der Waals surface area (Å²) in [4.78, 5) is 23.2. The number of ketones is 2. The molecule has 0 N–H and O–H groups in total. The van der Waals surface area contributed by atoms with Gasteiger partial charge in [-0.25, -0.2) is 0 Å². The summed E-state index contributed by atoms with van der Waals surface area (Å²) in [5.41, 5.74) is -0.210. The molecule has 0 radical (unpaired) electrons. The predicted molar refractivity (Wildman–Crippen MR) is 67.4 cm³/mol. The monoisotopic (exact) mass is 226 g/mol. The minimum atomic E-state index is -0.271. The molecule has 0 amide bonds. The Hall–Kier alpha value is -0.660. The van der Waals surface area contributed by atoms with Gasteiger partial charge >= 0.3 is 0 Å². The summed E-state index contributed by atoms with van der Waals surface area (Å²) in [7, 11) is 0. The largest absolute Gasteiger partial charge is 0.300 e. The van der Waals surface area contributed by atoms with Crippen LogP contribution in [0.25, 0.3) is 0 Å². The Kier molecular flexibility index (Phi) is 5.37. The van der Waals surface area contributed by atoms with Crippen molar-refractivity contribution in [2.75, 3.05) is 0 Å². The lowest BCUT2D eigenvalue weighted by atomic mass is 9.86. The average molecular weight is 226 g/mol. The van der Waals surface area contributed by atoms with Crippen LogP contribution in [-0.4, -0.2) is 11.6 Å². The van der Waals surface area contributed by atoms with Crippen molar-refractivity contribution in [1.82, 2.24) is 0 Å². The van der Waals surface area contributed by atoms with Gasteiger partial charge in [-0.05, 0) is 11.8 Å². The van der Waals surface area contributed by atoms with Gasteiger partial charge in [0.15, 0.2) is 0 Å². The van der Waals surface area contributed by atoms with E-state index in [0.717, 1.165) is 0 Å². The molecule has 0 aromatic rings. The average Bonchev–Trinajstić information content (AvgIpc) is 1.98. The summed E-state index contributed by atoms with van der Waals surface area (Å²) in [6.45, 7) is 12.0. The van der Waals surface area contributed by atoms with Crippen molar-refractivity contribution < 1.29 is 9.59 Å². The first-order valence-electron chi connectivity index (χ1n) is 6.07. The van der Waals surface area contributed by atoms with Crippen molar-refractivity contribution in [1.29, 1.82) is 0 Å². The number of rotatable bonds is 5. The number of carbonyl (C=O) groups excluding carboxylic acids is 2. The molecule has 0 unspecified atom stereocenters. The van der Waals surface area contributed by atoms with Gasteiger partial charge in [-0.3, -0.25) is 9.59 Å². The molecule has 0 fully saturated rings. The molecule has 0 aliphatic carbocycles. The van der Waals surface area contributed by atoms with E-state index in [1.54, 1.807) is 0 Å². The van der Waals surface area contributed by atoms with Crippen LogP contribution < -0.4 is 0 Å². The third-order valence-corrected chi connectivity index (χ3v) is 2.42. The maximum Gasteiger partial charge on any atom is 0.138 e. The lowest BCUT2D eigenvalue weighted by Crippen LogP contribution is -2.20. The Labute approximate surface area is 99.8 Å². The molecule has 0 atom stereocenters. The molecule has 2 nitrogen and oxygen atoms in total. The molecule has 0 aromatic heterocycles. The van der Waals surface area contributed by atoms with Gasteiger partial charge in [-0.2, -0.15) is 0 Å². The smallest absolute Gasteiger partial charge is 0.138 e. The zero-order valence-electron chi connectivity index (χ0n) is 11.6. The fraction of sp³-hybridized carbons (Fsp3) is 0.857.